The molecule has 1 saturated heterocycles. The third kappa shape index (κ3) is 2.52. The van der Waals surface area contributed by atoms with Crippen molar-refractivity contribution in [3.05, 3.63) is 24.0 Å². The number of hydrogen-bond acceptors (Lipinski definition) is 3. The highest BCUT2D eigenvalue weighted by Gasteiger charge is 2.28. The molecule has 1 aromatic carbocycles. The van der Waals surface area contributed by atoms with Gasteiger partial charge in [-0.3, -0.25) is 9.59 Å². The van der Waals surface area contributed by atoms with Gasteiger partial charge in [0.2, 0.25) is 11.8 Å². The molecule has 1 aliphatic rings. The Morgan fingerprint density at radius 2 is 2.29 bits per heavy atom. The van der Waals surface area contributed by atoms with Crippen molar-refractivity contribution in [1.29, 1.82) is 0 Å². The number of nitrogens with two attached hydrogens (primary N) is 1. The predicted octanol–water partition coefficient (Wildman–Crippen LogP) is 0.482. The van der Waals surface area contributed by atoms with Gasteiger partial charge in [-0.05, 0) is 18.2 Å². The summed E-state index contributed by atoms with van der Waals surface area (Å²) >= 11 is 0. The molecule has 0 spiro atoms. The normalized spacial score (nSPS) is 18.9. The number of hydrogen-bond donors (Lipinski definition) is 3. The molecule has 90 valence electrons. The number of rotatable bonds is 2. The summed E-state index contributed by atoms with van der Waals surface area (Å²) in [6.07, 6.45) is 0.135. The fourth-order valence-electron chi connectivity index (χ4n) is 1.66. The van der Waals surface area contributed by atoms with Crippen molar-refractivity contribution >= 4 is 23.2 Å². The van der Waals surface area contributed by atoms with Crippen LogP contribution in [0.25, 0.3) is 0 Å². The minimum Gasteiger partial charge on any atom is -0.399 e. The van der Waals surface area contributed by atoms with E-state index in [9.17, 15) is 14.0 Å². The molecule has 4 N–H and O–H groups in total. The van der Waals surface area contributed by atoms with E-state index in [1.165, 1.54) is 18.2 Å². The molecule has 1 heterocycles. The topological polar surface area (TPSA) is 84.2 Å². The molecule has 1 atom stereocenters. The third-order valence-electron chi connectivity index (χ3n) is 2.60. The lowest BCUT2D eigenvalue weighted by molar-refractivity contribution is -0.123. The zero-order valence-electron chi connectivity index (χ0n) is 9.00. The molecule has 5 nitrogen and oxygen atoms in total. The maximum Gasteiger partial charge on any atom is 0.229 e. The van der Waals surface area contributed by atoms with Crippen LogP contribution in [-0.2, 0) is 9.59 Å². The van der Waals surface area contributed by atoms with Crippen molar-refractivity contribution in [2.45, 2.75) is 6.42 Å². The molecule has 1 aliphatic heterocycles. The SMILES string of the molecule is Nc1ccc(F)c(NC(=O)C2CNC(=O)C2)c1. The summed E-state index contributed by atoms with van der Waals surface area (Å²) in [6.45, 7) is 0.286. The van der Waals surface area contributed by atoms with Gasteiger partial charge in [0.1, 0.15) is 5.82 Å². The van der Waals surface area contributed by atoms with Crippen molar-refractivity contribution < 1.29 is 14.0 Å². The monoisotopic (exact) mass is 237 g/mol. The van der Waals surface area contributed by atoms with Crippen LogP contribution in [0, 0.1) is 11.7 Å². The van der Waals surface area contributed by atoms with E-state index >= 15 is 0 Å². The second kappa shape index (κ2) is 4.40. The van der Waals surface area contributed by atoms with Gasteiger partial charge in [0.25, 0.3) is 0 Å². The van der Waals surface area contributed by atoms with Crippen LogP contribution < -0.4 is 16.4 Å². The van der Waals surface area contributed by atoms with E-state index in [-0.39, 0.29) is 30.5 Å². The van der Waals surface area contributed by atoms with Gasteiger partial charge in [0.15, 0.2) is 0 Å². The van der Waals surface area contributed by atoms with E-state index in [0.29, 0.717) is 5.69 Å². The quantitative estimate of drug-likeness (QED) is 0.654. The Hall–Kier alpha value is -2.11. The van der Waals surface area contributed by atoms with Crippen molar-refractivity contribution in [3.63, 3.8) is 0 Å². The van der Waals surface area contributed by atoms with Crippen LogP contribution in [-0.4, -0.2) is 18.4 Å². The van der Waals surface area contributed by atoms with Crippen LogP contribution >= 0.6 is 0 Å². The number of halogens is 1. The van der Waals surface area contributed by atoms with E-state index in [2.05, 4.69) is 10.6 Å². The summed E-state index contributed by atoms with van der Waals surface area (Å²) in [4.78, 5) is 22.7. The highest BCUT2D eigenvalue weighted by molar-refractivity contribution is 5.97. The van der Waals surface area contributed by atoms with Crippen LogP contribution in [0.15, 0.2) is 18.2 Å². The first-order chi connectivity index (χ1) is 8.06. The molecule has 0 radical (unpaired) electrons. The second-order valence-corrected chi connectivity index (χ2v) is 3.93. The molecule has 0 saturated carbocycles. The molecule has 0 aromatic heterocycles. The first kappa shape index (κ1) is 11.4. The van der Waals surface area contributed by atoms with Gasteiger partial charge in [0.05, 0.1) is 11.6 Å². The van der Waals surface area contributed by atoms with Crippen molar-refractivity contribution in [3.8, 4) is 0 Å². The number of benzene rings is 1. The molecule has 1 unspecified atom stereocenters. The van der Waals surface area contributed by atoms with E-state index < -0.39 is 11.7 Å². The first-order valence-corrected chi connectivity index (χ1v) is 5.19. The molecular weight excluding hydrogens is 225 g/mol. The fraction of sp³-hybridized carbons (Fsp3) is 0.273. The van der Waals surface area contributed by atoms with Gasteiger partial charge in [0, 0.05) is 18.7 Å². The Labute approximate surface area is 97.2 Å². The van der Waals surface area contributed by atoms with Gasteiger partial charge in [-0.25, -0.2) is 4.39 Å². The standard InChI is InChI=1S/C11H12FN3O2/c12-8-2-1-7(13)4-9(8)15-11(17)6-3-10(16)14-5-6/h1-2,4,6H,3,5,13H2,(H,14,16)(H,15,17). The zero-order chi connectivity index (χ0) is 12.4. The Balaban J connectivity index is 2.07. The molecule has 2 rings (SSSR count). The predicted molar refractivity (Wildman–Crippen MR) is 60.6 cm³/mol. The Bertz CT molecular complexity index is 476. The van der Waals surface area contributed by atoms with Gasteiger partial charge >= 0.3 is 0 Å². The molecule has 1 fully saturated rings. The molecule has 17 heavy (non-hydrogen) atoms. The van der Waals surface area contributed by atoms with Crippen LogP contribution in [0.5, 0.6) is 0 Å². The maximum absolute atomic E-state index is 13.3. The smallest absolute Gasteiger partial charge is 0.229 e. The number of nitrogens with one attached hydrogen (secondary N) is 2. The summed E-state index contributed by atoms with van der Waals surface area (Å²) in [5.41, 5.74) is 5.89. The van der Waals surface area contributed by atoms with Crippen molar-refractivity contribution in [2.24, 2.45) is 5.92 Å². The Morgan fingerprint density at radius 3 is 2.94 bits per heavy atom. The maximum atomic E-state index is 13.3. The summed E-state index contributed by atoms with van der Waals surface area (Å²) in [6, 6.07) is 3.94. The van der Waals surface area contributed by atoms with Crippen LogP contribution in [0.2, 0.25) is 0 Å². The van der Waals surface area contributed by atoms with E-state index in [0.717, 1.165) is 0 Å². The van der Waals surface area contributed by atoms with Crippen molar-refractivity contribution in [2.75, 3.05) is 17.6 Å². The van der Waals surface area contributed by atoms with E-state index in [1.54, 1.807) is 0 Å². The van der Waals surface area contributed by atoms with Crippen LogP contribution in [0.4, 0.5) is 15.8 Å². The molecular formula is C11H12FN3O2. The first-order valence-electron chi connectivity index (χ1n) is 5.19. The Morgan fingerprint density at radius 1 is 1.53 bits per heavy atom. The highest BCUT2D eigenvalue weighted by atomic mass is 19.1. The van der Waals surface area contributed by atoms with E-state index in [1.807, 2.05) is 0 Å². The lowest BCUT2D eigenvalue weighted by atomic mass is 10.1. The number of carbonyl (C=O) groups is 2. The van der Waals surface area contributed by atoms with E-state index in [4.69, 9.17) is 5.73 Å². The minimum atomic E-state index is -0.551. The summed E-state index contributed by atoms with van der Waals surface area (Å²) in [7, 11) is 0. The van der Waals surface area contributed by atoms with Crippen LogP contribution in [0.1, 0.15) is 6.42 Å². The highest BCUT2D eigenvalue weighted by Crippen LogP contribution is 2.19. The molecule has 0 bridgehead atoms. The average molecular weight is 237 g/mol. The van der Waals surface area contributed by atoms with Crippen LogP contribution in [0.3, 0.4) is 0 Å². The summed E-state index contributed by atoms with van der Waals surface area (Å²) < 4.78 is 13.3. The van der Waals surface area contributed by atoms with Gasteiger partial charge in [-0.1, -0.05) is 0 Å². The largest absolute Gasteiger partial charge is 0.399 e. The molecule has 2 amide bonds. The zero-order valence-corrected chi connectivity index (χ0v) is 9.00. The number of nitrogen functional groups attached to an aromatic ring is 1. The molecule has 0 aliphatic carbocycles. The number of amides is 2. The van der Waals surface area contributed by atoms with Gasteiger partial charge < -0.3 is 16.4 Å². The lowest BCUT2D eigenvalue weighted by Gasteiger charge is -2.10. The molecule has 6 heteroatoms. The van der Waals surface area contributed by atoms with Gasteiger partial charge in [-0.15, -0.1) is 0 Å². The third-order valence-corrected chi connectivity index (χ3v) is 2.60. The Kier molecular flexibility index (Phi) is 2.95. The molecule has 1 aromatic rings. The fourth-order valence-corrected chi connectivity index (χ4v) is 1.66. The lowest BCUT2D eigenvalue weighted by Crippen LogP contribution is -2.25. The average Bonchev–Trinajstić information content (AvgIpc) is 2.70. The van der Waals surface area contributed by atoms with Gasteiger partial charge in [-0.2, -0.15) is 0 Å². The van der Waals surface area contributed by atoms with Crippen molar-refractivity contribution in [1.82, 2.24) is 5.32 Å². The number of carbonyl (C=O) groups excluding carboxylic acids is 2. The second-order valence-electron chi connectivity index (χ2n) is 3.93. The summed E-state index contributed by atoms with van der Waals surface area (Å²) in [5.74, 6) is -1.56. The summed E-state index contributed by atoms with van der Waals surface area (Å²) in [5, 5.41) is 4.97. The number of anilines is 2. The minimum absolute atomic E-state index is 0.0364.